The molecule has 1 fully saturated rings. The molecule has 0 saturated carbocycles. The highest BCUT2D eigenvalue weighted by molar-refractivity contribution is 5.67. The van der Waals surface area contributed by atoms with Gasteiger partial charge >= 0.3 is 5.97 Å². The van der Waals surface area contributed by atoms with Crippen molar-refractivity contribution in [3.63, 3.8) is 0 Å². The van der Waals surface area contributed by atoms with Gasteiger partial charge in [-0.2, -0.15) is 0 Å². The summed E-state index contributed by atoms with van der Waals surface area (Å²) in [6.45, 7) is 7.16. The highest BCUT2D eigenvalue weighted by Crippen LogP contribution is 2.12. The third kappa shape index (κ3) is 2.96. The van der Waals surface area contributed by atoms with Crippen LogP contribution in [0, 0.1) is 0 Å². The number of rotatable bonds is 3. The molecule has 0 aromatic carbocycles. The maximum absolute atomic E-state index is 10.6. The quantitative estimate of drug-likeness (QED) is 0.720. The zero-order chi connectivity index (χ0) is 10.7. The van der Waals surface area contributed by atoms with Crippen LogP contribution in [0.2, 0.25) is 0 Å². The lowest BCUT2D eigenvalue weighted by atomic mass is 10.1. The van der Waals surface area contributed by atoms with Crippen molar-refractivity contribution in [2.45, 2.75) is 32.4 Å². The molecule has 0 aromatic rings. The van der Waals surface area contributed by atoms with Crippen LogP contribution in [0.15, 0.2) is 0 Å². The summed E-state index contributed by atoms with van der Waals surface area (Å²) >= 11 is 0. The van der Waals surface area contributed by atoms with Gasteiger partial charge in [-0.05, 0) is 20.9 Å². The molecule has 1 saturated heterocycles. The van der Waals surface area contributed by atoms with Gasteiger partial charge in [0.05, 0.1) is 6.42 Å². The van der Waals surface area contributed by atoms with E-state index in [1.165, 1.54) is 0 Å². The average molecular weight is 200 g/mol. The summed E-state index contributed by atoms with van der Waals surface area (Å²) in [6.07, 6.45) is 0.246. The molecule has 0 aliphatic carbocycles. The van der Waals surface area contributed by atoms with E-state index in [1.54, 1.807) is 0 Å². The molecule has 1 heterocycles. The fraction of sp³-hybridized carbons (Fsp3) is 0.900. The smallest absolute Gasteiger partial charge is 0.304 e. The summed E-state index contributed by atoms with van der Waals surface area (Å²) in [7, 11) is 2.11. The van der Waals surface area contributed by atoms with Crippen molar-refractivity contribution in [1.82, 2.24) is 9.80 Å². The van der Waals surface area contributed by atoms with E-state index in [9.17, 15) is 4.79 Å². The zero-order valence-electron chi connectivity index (χ0n) is 9.23. The van der Waals surface area contributed by atoms with Gasteiger partial charge in [0.15, 0.2) is 0 Å². The predicted octanol–water partition coefficient (Wildman–Crippen LogP) is 0.486. The van der Waals surface area contributed by atoms with Crippen LogP contribution in [-0.2, 0) is 4.79 Å². The second-order valence-corrected chi connectivity index (χ2v) is 4.27. The minimum Gasteiger partial charge on any atom is -0.481 e. The number of nitrogens with zero attached hydrogens (tertiary/aromatic N) is 2. The molecule has 1 aliphatic heterocycles. The predicted molar refractivity (Wildman–Crippen MR) is 55.4 cm³/mol. The summed E-state index contributed by atoms with van der Waals surface area (Å²) in [5.41, 5.74) is 0. The van der Waals surface area contributed by atoms with Gasteiger partial charge in [0, 0.05) is 31.7 Å². The molecule has 14 heavy (non-hydrogen) atoms. The van der Waals surface area contributed by atoms with E-state index < -0.39 is 5.97 Å². The molecule has 82 valence electrons. The van der Waals surface area contributed by atoms with Crippen molar-refractivity contribution in [2.75, 3.05) is 26.7 Å². The van der Waals surface area contributed by atoms with E-state index in [1.807, 2.05) is 6.92 Å². The van der Waals surface area contributed by atoms with Crippen molar-refractivity contribution >= 4 is 5.97 Å². The Bertz CT molecular complexity index is 208. The molecular formula is C10H20N2O2. The third-order valence-corrected chi connectivity index (χ3v) is 3.08. The molecular weight excluding hydrogens is 180 g/mol. The molecule has 0 bridgehead atoms. The lowest BCUT2D eigenvalue weighted by molar-refractivity contribution is -0.138. The molecule has 0 amide bonds. The number of hydrogen-bond donors (Lipinski definition) is 1. The second kappa shape index (κ2) is 4.75. The van der Waals surface area contributed by atoms with E-state index in [-0.39, 0.29) is 12.5 Å². The number of likely N-dealkylation sites (N-methyl/N-ethyl adjacent to an activating group) is 1. The van der Waals surface area contributed by atoms with Crippen LogP contribution in [-0.4, -0.2) is 59.6 Å². The topological polar surface area (TPSA) is 43.8 Å². The Kier molecular flexibility index (Phi) is 3.89. The molecule has 1 rings (SSSR count). The number of carboxylic acids is 1. The zero-order valence-corrected chi connectivity index (χ0v) is 9.23. The Labute approximate surface area is 85.5 Å². The van der Waals surface area contributed by atoms with Crippen LogP contribution in [0.5, 0.6) is 0 Å². The van der Waals surface area contributed by atoms with Gasteiger partial charge in [-0.15, -0.1) is 0 Å². The average Bonchev–Trinajstić information content (AvgIpc) is 2.08. The molecule has 1 N–H and O–H groups in total. The lowest BCUT2D eigenvalue weighted by Gasteiger charge is -2.40. The highest BCUT2D eigenvalue weighted by Gasteiger charge is 2.24. The van der Waals surface area contributed by atoms with Gasteiger partial charge in [0.25, 0.3) is 0 Å². The largest absolute Gasteiger partial charge is 0.481 e. The van der Waals surface area contributed by atoms with E-state index in [0.29, 0.717) is 6.04 Å². The Hall–Kier alpha value is -0.610. The first-order chi connectivity index (χ1) is 6.50. The lowest BCUT2D eigenvalue weighted by Crippen LogP contribution is -2.53. The van der Waals surface area contributed by atoms with E-state index in [0.717, 1.165) is 19.6 Å². The number of hydrogen-bond acceptors (Lipinski definition) is 3. The van der Waals surface area contributed by atoms with Gasteiger partial charge in [-0.1, -0.05) is 0 Å². The number of carboxylic acid groups (broad SMARTS) is 1. The van der Waals surface area contributed by atoms with Crippen molar-refractivity contribution in [3.05, 3.63) is 0 Å². The normalized spacial score (nSPS) is 27.5. The van der Waals surface area contributed by atoms with Crippen LogP contribution in [0.4, 0.5) is 0 Å². The maximum atomic E-state index is 10.6. The molecule has 4 heteroatoms. The third-order valence-electron chi connectivity index (χ3n) is 3.08. The Morgan fingerprint density at radius 2 is 2.21 bits per heavy atom. The summed E-state index contributed by atoms with van der Waals surface area (Å²) in [5.74, 6) is -0.705. The van der Waals surface area contributed by atoms with Crippen molar-refractivity contribution in [1.29, 1.82) is 0 Å². The van der Waals surface area contributed by atoms with E-state index >= 15 is 0 Å². The van der Waals surface area contributed by atoms with Crippen LogP contribution in [0.1, 0.15) is 20.3 Å². The number of piperazine rings is 1. The van der Waals surface area contributed by atoms with Gasteiger partial charge in [0.1, 0.15) is 0 Å². The summed E-state index contributed by atoms with van der Waals surface area (Å²) in [5, 5.41) is 8.70. The van der Waals surface area contributed by atoms with Gasteiger partial charge < -0.3 is 10.0 Å². The minimum atomic E-state index is -0.705. The van der Waals surface area contributed by atoms with E-state index in [4.69, 9.17) is 5.11 Å². The van der Waals surface area contributed by atoms with Gasteiger partial charge in [-0.25, -0.2) is 0 Å². The number of carbonyl (C=O) groups is 1. The van der Waals surface area contributed by atoms with E-state index in [2.05, 4.69) is 23.8 Å². The monoisotopic (exact) mass is 200 g/mol. The van der Waals surface area contributed by atoms with Crippen LogP contribution >= 0.6 is 0 Å². The molecule has 1 aliphatic rings. The first kappa shape index (κ1) is 11.5. The molecule has 4 nitrogen and oxygen atoms in total. The SMILES string of the molecule is CC1CN(C(C)CC(=O)O)CCN1C. The Morgan fingerprint density at radius 3 is 2.71 bits per heavy atom. The van der Waals surface area contributed by atoms with Crippen LogP contribution < -0.4 is 0 Å². The van der Waals surface area contributed by atoms with Crippen molar-refractivity contribution in [2.24, 2.45) is 0 Å². The summed E-state index contributed by atoms with van der Waals surface area (Å²) in [4.78, 5) is 15.1. The van der Waals surface area contributed by atoms with Crippen molar-refractivity contribution in [3.8, 4) is 0 Å². The fourth-order valence-electron chi connectivity index (χ4n) is 1.86. The van der Waals surface area contributed by atoms with Gasteiger partial charge in [-0.3, -0.25) is 9.69 Å². The number of aliphatic carboxylic acids is 1. The van der Waals surface area contributed by atoms with Gasteiger partial charge in [0.2, 0.25) is 0 Å². The molecule has 2 atom stereocenters. The van der Waals surface area contributed by atoms with Crippen LogP contribution in [0.3, 0.4) is 0 Å². The standard InChI is InChI=1S/C10H20N2O2/c1-8(6-10(13)14)12-5-4-11(3)9(2)7-12/h8-9H,4-7H2,1-3H3,(H,13,14). The highest BCUT2D eigenvalue weighted by atomic mass is 16.4. The minimum absolute atomic E-state index is 0.156. The van der Waals surface area contributed by atoms with Crippen molar-refractivity contribution < 1.29 is 9.90 Å². The Balaban J connectivity index is 2.41. The van der Waals surface area contributed by atoms with Crippen LogP contribution in [0.25, 0.3) is 0 Å². The summed E-state index contributed by atoms with van der Waals surface area (Å²) < 4.78 is 0. The molecule has 0 radical (unpaired) electrons. The molecule has 0 aromatic heterocycles. The Morgan fingerprint density at radius 1 is 1.57 bits per heavy atom. The summed E-state index contributed by atoms with van der Waals surface area (Å²) in [6, 6.07) is 0.684. The first-order valence-corrected chi connectivity index (χ1v) is 5.16. The molecule has 2 unspecified atom stereocenters. The maximum Gasteiger partial charge on any atom is 0.304 e. The molecule has 0 spiro atoms. The second-order valence-electron chi connectivity index (χ2n) is 4.27. The first-order valence-electron chi connectivity index (χ1n) is 5.16. The fourth-order valence-corrected chi connectivity index (χ4v) is 1.86.